The van der Waals surface area contributed by atoms with Gasteiger partial charge in [-0.25, -0.2) is 9.18 Å². The van der Waals surface area contributed by atoms with Crippen molar-refractivity contribution in [1.82, 2.24) is 0 Å². The molecule has 0 radical (unpaired) electrons. The van der Waals surface area contributed by atoms with Crippen LogP contribution in [0.4, 0.5) is 15.8 Å². The topological polar surface area (TPSA) is 70.9 Å². The van der Waals surface area contributed by atoms with Gasteiger partial charge in [0.25, 0.3) is 0 Å². The van der Waals surface area contributed by atoms with Crippen molar-refractivity contribution in [2.45, 2.75) is 72.8 Å². The predicted molar refractivity (Wildman–Crippen MR) is 151 cm³/mol. The van der Waals surface area contributed by atoms with Crippen molar-refractivity contribution in [3.05, 3.63) is 70.8 Å². The van der Waals surface area contributed by atoms with Gasteiger partial charge in [0.05, 0.1) is 16.9 Å². The number of benzene rings is 1. The summed E-state index contributed by atoms with van der Waals surface area (Å²) in [4.78, 5) is 16.0. The monoisotopic (exact) mass is 518 g/mol. The molecule has 1 aromatic rings. The molecular formula is C29H40ClFN2O3. The third kappa shape index (κ3) is 12.7. The first-order chi connectivity index (χ1) is 17.2. The first-order valence-electron chi connectivity index (χ1n) is 12.5. The molecule has 1 atom stereocenters. The number of hydrogen-bond donors (Lipinski definition) is 2. The van der Waals surface area contributed by atoms with E-state index in [0.29, 0.717) is 23.9 Å². The van der Waals surface area contributed by atoms with Gasteiger partial charge in [-0.1, -0.05) is 45.3 Å². The standard InChI is InChI=1S/C29H40ClFN2O3/c1-6-8-9-10-23(5)33-27-14-12-25(29(34)35)18-28(27)32-19-21(3)11-13-26(17-22(4)31)36-20-24(7-2)15-16-30/h11-15,17-19,23,33H,6-10,16,20H2,1-5H3,(H,34,35)/b21-11+,22-17+,24-15+,26-13+,32-19?. The van der Waals surface area contributed by atoms with Crippen LogP contribution in [0.1, 0.15) is 77.1 Å². The summed E-state index contributed by atoms with van der Waals surface area (Å²) in [5, 5.41) is 12.9. The van der Waals surface area contributed by atoms with Crippen molar-refractivity contribution in [2.75, 3.05) is 17.8 Å². The van der Waals surface area contributed by atoms with Crippen molar-refractivity contribution in [3.8, 4) is 0 Å². The summed E-state index contributed by atoms with van der Waals surface area (Å²) in [5.74, 6) is -0.590. The van der Waals surface area contributed by atoms with Gasteiger partial charge in [-0.05, 0) is 69.0 Å². The Hall–Kier alpha value is -2.86. The Morgan fingerprint density at radius 3 is 2.61 bits per heavy atom. The maximum absolute atomic E-state index is 13.6. The molecule has 1 aromatic carbocycles. The van der Waals surface area contributed by atoms with E-state index < -0.39 is 5.97 Å². The van der Waals surface area contributed by atoms with E-state index >= 15 is 0 Å². The lowest BCUT2D eigenvalue weighted by atomic mass is 10.1. The van der Waals surface area contributed by atoms with Crippen molar-refractivity contribution in [3.63, 3.8) is 0 Å². The lowest BCUT2D eigenvalue weighted by Gasteiger charge is -2.17. The van der Waals surface area contributed by atoms with Crippen LogP contribution in [-0.4, -0.2) is 35.8 Å². The van der Waals surface area contributed by atoms with Gasteiger partial charge in [-0.15, -0.1) is 11.6 Å². The molecule has 0 aliphatic heterocycles. The fourth-order valence-corrected chi connectivity index (χ4v) is 3.50. The summed E-state index contributed by atoms with van der Waals surface area (Å²) in [6.45, 7) is 9.83. The van der Waals surface area contributed by atoms with Crippen LogP contribution in [0.15, 0.2) is 70.2 Å². The molecule has 0 aliphatic carbocycles. The number of nitrogens with one attached hydrogen (secondary N) is 1. The van der Waals surface area contributed by atoms with Gasteiger partial charge in [-0.3, -0.25) is 4.99 Å². The Bertz CT molecular complexity index is 992. The van der Waals surface area contributed by atoms with E-state index in [4.69, 9.17) is 16.3 Å². The van der Waals surface area contributed by atoms with Gasteiger partial charge in [0.2, 0.25) is 0 Å². The zero-order valence-electron chi connectivity index (χ0n) is 22.1. The van der Waals surface area contributed by atoms with Gasteiger partial charge in [0.15, 0.2) is 0 Å². The van der Waals surface area contributed by atoms with Crippen LogP contribution in [0.3, 0.4) is 0 Å². The summed E-state index contributed by atoms with van der Waals surface area (Å²) in [6.07, 6.45) is 13.6. The second-order valence-corrected chi connectivity index (χ2v) is 9.01. The van der Waals surface area contributed by atoms with Crippen molar-refractivity contribution >= 4 is 35.2 Å². The molecule has 5 nitrogen and oxygen atoms in total. The SMILES string of the molecule is CCCCCC(C)Nc1ccc(C(=O)O)cc1N=C/C(C)=C/C=C(\C=C(/C)F)OC/C(=C/CCl)CC. The molecule has 0 fully saturated rings. The molecule has 0 bridgehead atoms. The number of carboxylic acids is 1. The van der Waals surface area contributed by atoms with E-state index in [-0.39, 0.29) is 17.4 Å². The lowest BCUT2D eigenvalue weighted by Crippen LogP contribution is -2.15. The largest absolute Gasteiger partial charge is 0.489 e. The smallest absolute Gasteiger partial charge is 0.335 e. The van der Waals surface area contributed by atoms with Crippen LogP contribution in [0.2, 0.25) is 0 Å². The highest BCUT2D eigenvalue weighted by molar-refractivity contribution is 6.18. The summed E-state index contributed by atoms with van der Waals surface area (Å²) in [7, 11) is 0. The summed E-state index contributed by atoms with van der Waals surface area (Å²) >= 11 is 5.78. The molecular weight excluding hydrogens is 479 g/mol. The van der Waals surface area contributed by atoms with Gasteiger partial charge in [-0.2, -0.15) is 0 Å². The number of unbranched alkanes of at least 4 members (excludes halogenated alkanes) is 2. The van der Waals surface area contributed by atoms with Crippen LogP contribution in [0, 0.1) is 0 Å². The minimum Gasteiger partial charge on any atom is -0.489 e. The Kier molecular flexibility index (Phi) is 15.2. The molecule has 0 saturated carbocycles. The number of anilines is 1. The number of carbonyl (C=O) groups is 1. The molecule has 1 unspecified atom stereocenters. The van der Waals surface area contributed by atoms with E-state index in [2.05, 4.69) is 24.2 Å². The number of aromatic carboxylic acids is 1. The minimum absolute atomic E-state index is 0.170. The van der Waals surface area contributed by atoms with Crippen molar-refractivity contribution in [1.29, 1.82) is 0 Å². The van der Waals surface area contributed by atoms with Crippen LogP contribution in [-0.2, 0) is 4.74 Å². The number of nitrogens with zero attached hydrogens (tertiary/aromatic N) is 1. The number of carboxylic acid groups (broad SMARTS) is 1. The quantitative estimate of drug-likeness (QED) is 0.0572. The molecule has 0 aliphatic rings. The van der Waals surface area contributed by atoms with Crippen molar-refractivity contribution in [2.24, 2.45) is 4.99 Å². The van der Waals surface area contributed by atoms with E-state index in [1.54, 1.807) is 36.6 Å². The fourth-order valence-electron chi connectivity index (χ4n) is 3.28. The molecule has 0 saturated heterocycles. The van der Waals surface area contributed by atoms with E-state index in [1.165, 1.54) is 19.4 Å². The van der Waals surface area contributed by atoms with Crippen LogP contribution in [0.25, 0.3) is 0 Å². The predicted octanol–water partition coefficient (Wildman–Crippen LogP) is 8.76. The number of allylic oxidation sites excluding steroid dienone is 6. The van der Waals surface area contributed by atoms with Gasteiger partial charge >= 0.3 is 5.97 Å². The molecule has 0 amide bonds. The second kappa shape index (κ2) is 17.6. The number of hydrogen-bond acceptors (Lipinski definition) is 4. The average molecular weight is 519 g/mol. The minimum atomic E-state index is -1.01. The molecule has 7 heteroatoms. The molecule has 2 N–H and O–H groups in total. The first kappa shape index (κ1) is 31.2. The summed E-state index contributed by atoms with van der Waals surface area (Å²) in [5.41, 5.74) is 3.32. The van der Waals surface area contributed by atoms with Gasteiger partial charge in [0.1, 0.15) is 18.2 Å². The number of aliphatic imine (C=N–C) groups is 1. The summed E-state index contributed by atoms with van der Waals surface area (Å²) < 4.78 is 19.3. The van der Waals surface area contributed by atoms with E-state index in [1.807, 2.05) is 19.9 Å². The zero-order valence-corrected chi connectivity index (χ0v) is 22.9. The fraction of sp³-hybridized carbons (Fsp3) is 0.448. The highest BCUT2D eigenvalue weighted by atomic mass is 35.5. The van der Waals surface area contributed by atoms with E-state index in [0.717, 1.165) is 42.5 Å². The maximum Gasteiger partial charge on any atom is 0.335 e. The lowest BCUT2D eigenvalue weighted by molar-refractivity contribution is 0.0697. The van der Waals surface area contributed by atoms with Crippen LogP contribution < -0.4 is 5.32 Å². The molecule has 0 heterocycles. The molecule has 0 spiro atoms. The highest BCUT2D eigenvalue weighted by Gasteiger charge is 2.10. The molecule has 1 rings (SSSR count). The maximum atomic E-state index is 13.6. The van der Waals surface area contributed by atoms with Gasteiger partial charge in [0, 0.05) is 24.2 Å². The number of ether oxygens (including phenoxy) is 1. The van der Waals surface area contributed by atoms with Crippen LogP contribution in [0.5, 0.6) is 0 Å². The molecule has 36 heavy (non-hydrogen) atoms. The molecule has 198 valence electrons. The molecule has 0 aromatic heterocycles. The number of halogens is 2. The number of rotatable bonds is 16. The Morgan fingerprint density at radius 2 is 2.00 bits per heavy atom. The Labute approximate surface area is 220 Å². The third-order valence-electron chi connectivity index (χ3n) is 5.39. The Morgan fingerprint density at radius 1 is 1.25 bits per heavy atom. The third-order valence-corrected chi connectivity index (χ3v) is 5.54. The van der Waals surface area contributed by atoms with Crippen molar-refractivity contribution < 1.29 is 19.0 Å². The normalized spacial score (nSPS) is 14.3. The first-order valence-corrected chi connectivity index (χ1v) is 13.0. The van der Waals surface area contributed by atoms with Crippen LogP contribution >= 0.6 is 11.6 Å². The zero-order chi connectivity index (χ0) is 26.9. The summed E-state index contributed by atoms with van der Waals surface area (Å²) in [6, 6.07) is 5.12. The Balaban J connectivity index is 3.11. The average Bonchev–Trinajstić information content (AvgIpc) is 2.83. The second-order valence-electron chi connectivity index (χ2n) is 8.71. The number of alkyl halides is 1. The van der Waals surface area contributed by atoms with Gasteiger partial charge < -0.3 is 15.2 Å². The highest BCUT2D eigenvalue weighted by Crippen LogP contribution is 2.28. The van der Waals surface area contributed by atoms with E-state index in [9.17, 15) is 14.3 Å².